The summed E-state index contributed by atoms with van der Waals surface area (Å²) in [4.78, 5) is 12.9. The molecule has 0 aliphatic rings. The molecule has 100 valence electrons. The summed E-state index contributed by atoms with van der Waals surface area (Å²) in [5, 5.41) is 10.8. The highest BCUT2D eigenvalue weighted by Crippen LogP contribution is 2.13. The molecule has 0 unspecified atom stereocenters. The summed E-state index contributed by atoms with van der Waals surface area (Å²) in [6.45, 7) is 0.355. The number of carbonyl (C=O) groups excluding carboxylic acids is 1. The molecular weight excluding hydrogens is 310 g/mol. The Morgan fingerprint density at radius 1 is 1.37 bits per heavy atom. The van der Waals surface area contributed by atoms with Crippen LogP contribution in [-0.4, -0.2) is 40.0 Å². The Labute approximate surface area is 119 Å². The molecule has 1 aromatic carbocycles. The van der Waals surface area contributed by atoms with Gasteiger partial charge in [-0.3, -0.25) is 0 Å². The second-order valence-electron chi connectivity index (χ2n) is 4.18. The van der Waals surface area contributed by atoms with Gasteiger partial charge in [0.25, 0.3) is 0 Å². The summed E-state index contributed by atoms with van der Waals surface area (Å²) in [5.41, 5.74) is 1.62. The summed E-state index contributed by atoms with van der Waals surface area (Å²) in [6, 6.07) is 7.58. The zero-order valence-corrected chi connectivity index (χ0v) is 12.3. The van der Waals surface area contributed by atoms with Crippen molar-refractivity contribution in [1.29, 1.82) is 0 Å². The van der Waals surface area contributed by atoms with Crippen molar-refractivity contribution in [3.05, 3.63) is 40.6 Å². The summed E-state index contributed by atoms with van der Waals surface area (Å²) in [6.07, 6.45) is 1.79. The van der Waals surface area contributed by atoms with E-state index in [1.165, 1.54) is 4.90 Å². The number of nitrogens with one attached hydrogen (secondary N) is 1. The highest BCUT2D eigenvalue weighted by molar-refractivity contribution is 9.10. The second kappa shape index (κ2) is 5.83. The van der Waals surface area contributed by atoms with Crippen molar-refractivity contribution >= 4 is 22.0 Å². The molecule has 0 aliphatic heterocycles. The number of carbonyl (C=O) groups is 1. The highest BCUT2D eigenvalue weighted by Gasteiger charge is 2.06. The van der Waals surface area contributed by atoms with Gasteiger partial charge in [0.15, 0.2) is 0 Å². The van der Waals surface area contributed by atoms with Crippen molar-refractivity contribution in [2.75, 3.05) is 14.1 Å². The van der Waals surface area contributed by atoms with Crippen molar-refractivity contribution in [3.63, 3.8) is 0 Å². The zero-order chi connectivity index (χ0) is 13.8. The van der Waals surface area contributed by atoms with Gasteiger partial charge >= 0.3 is 6.03 Å². The minimum absolute atomic E-state index is 0.154. The first-order valence-electron chi connectivity index (χ1n) is 5.68. The van der Waals surface area contributed by atoms with Crippen LogP contribution < -0.4 is 5.32 Å². The molecule has 0 atom stereocenters. The summed E-state index contributed by atoms with van der Waals surface area (Å²) in [7, 11) is 3.38. The fourth-order valence-corrected chi connectivity index (χ4v) is 1.69. The molecule has 2 rings (SSSR count). The van der Waals surface area contributed by atoms with E-state index in [0.29, 0.717) is 12.2 Å². The predicted octanol–water partition coefficient (Wildman–Crippen LogP) is 1.80. The number of hydrogen-bond acceptors (Lipinski definition) is 3. The molecule has 1 heterocycles. The van der Waals surface area contributed by atoms with Crippen LogP contribution in [0.15, 0.2) is 34.9 Å². The van der Waals surface area contributed by atoms with E-state index in [0.717, 1.165) is 10.2 Å². The average Bonchev–Trinajstić information content (AvgIpc) is 2.85. The minimum Gasteiger partial charge on any atom is -0.332 e. The van der Waals surface area contributed by atoms with Crippen LogP contribution in [0.2, 0.25) is 0 Å². The van der Waals surface area contributed by atoms with Gasteiger partial charge in [-0.1, -0.05) is 21.1 Å². The molecule has 1 N–H and O–H groups in total. The van der Waals surface area contributed by atoms with Crippen molar-refractivity contribution < 1.29 is 4.79 Å². The summed E-state index contributed by atoms with van der Waals surface area (Å²) < 4.78 is 2.68. The van der Waals surface area contributed by atoms with E-state index in [9.17, 15) is 4.79 Å². The van der Waals surface area contributed by atoms with E-state index in [1.807, 2.05) is 24.3 Å². The second-order valence-corrected chi connectivity index (χ2v) is 5.10. The van der Waals surface area contributed by atoms with E-state index in [2.05, 4.69) is 31.6 Å². The quantitative estimate of drug-likeness (QED) is 0.936. The molecule has 0 radical (unpaired) electrons. The third kappa shape index (κ3) is 3.54. The SMILES string of the molecule is CN(C)C(=O)NCc1cn(-c2ccc(Br)cc2)nn1. The van der Waals surface area contributed by atoms with Gasteiger partial charge in [0.05, 0.1) is 18.4 Å². The van der Waals surface area contributed by atoms with Gasteiger partial charge in [-0.15, -0.1) is 5.10 Å². The number of amides is 2. The minimum atomic E-state index is -0.154. The molecule has 19 heavy (non-hydrogen) atoms. The van der Waals surface area contributed by atoms with Gasteiger partial charge in [-0.2, -0.15) is 0 Å². The van der Waals surface area contributed by atoms with E-state index < -0.39 is 0 Å². The molecule has 0 aliphatic carbocycles. The molecular formula is C12H14BrN5O. The van der Waals surface area contributed by atoms with Gasteiger partial charge < -0.3 is 10.2 Å². The molecule has 0 spiro atoms. The van der Waals surface area contributed by atoms with Crippen LogP contribution in [0.5, 0.6) is 0 Å². The Morgan fingerprint density at radius 2 is 2.05 bits per heavy atom. The molecule has 0 fully saturated rings. The Bertz CT molecular complexity index is 564. The summed E-state index contributed by atoms with van der Waals surface area (Å²) >= 11 is 3.38. The molecule has 6 nitrogen and oxygen atoms in total. The summed E-state index contributed by atoms with van der Waals surface area (Å²) in [5.74, 6) is 0. The smallest absolute Gasteiger partial charge is 0.317 e. The first-order chi connectivity index (χ1) is 9.06. The van der Waals surface area contributed by atoms with Crippen LogP contribution in [0, 0.1) is 0 Å². The lowest BCUT2D eigenvalue weighted by Gasteiger charge is -2.10. The maximum absolute atomic E-state index is 11.4. The van der Waals surface area contributed by atoms with Crippen LogP contribution in [-0.2, 0) is 6.54 Å². The van der Waals surface area contributed by atoms with Crippen molar-refractivity contribution in [1.82, 2.24) is 25.2 Å². The first kappa shape index (κ1) is 13.5. The van der Waals surface area contributed by atoms with Crippen LogP contribution >= 0.6 is 15.9 Å². The average molecular weight is 324 g/mol. The molecule has 0 bridgehead atoms. The maximum Gasteiger partial charge on any atom is 0.317 e. The van der Waals surface area contributed by atoms with Crippen LogP contribution in [0.3, 0.4) is 0 Å². The number of benzene rings is 1. The van der Waals surface area contributed by atoms with Crippen molar-refractivity contribution in [3.8, 4) is 5.69 Å². The fraction of sp³-hybridized carbons (Fsp3) is 0.250. The number of urea groups is 1. The molecule has 0 saturated heterocycles. The number of nitrogens with zero attached hydrogens (tertiary/aromatic N) is 4. The highest BCUT2D eigenvalue weighted by atomic mass is 79.9. The molecule has 2 aromatic rings. The molecule has 0 saturated carbocycles. The van der Waals surface area contributed by atoms with Crippen LogP contribution in [0.4, 0.5) is 4.79 Å². The standard InChI is InChI=1S/C12H14BrN5O/c1-17(2)12(19)14-7-10-8-18(16-15-10)11-5-3-9(13)4-6-11/h3-6,8H,7H2,1-2H3,(H,14,19). The molecule has 1 aromatic heterocycles. The third-order valence-corrected chi connectivity index (χ3v) is 2.99. The Morgan fingerprint density at radius 3 is 2.68 bits per heavy atom. The largest absolute Gasteiger partial charge is 0.332 e. The number of hydrogen-bond donors (Lipinski definition) is 1. The lowest BCUT2D eigenvalue weighted by atomic mass is 10.3. The van der Waals surface area contributed by atoms with Crippen LogP contribution in [0.25, 0.3) is 5.69 Å². The molecule has 7 heteroatoms. The van der Waals surface area contributed by atoms with Crippen molar-refractivity contribution in [2.24, 2.45) is 0 Å². The van der Waals surface area contributed by atoms with Gasteiger partial charge in [-0.05, 0) is 24.3 Å². The van der Waals surface area contributed by atoms with E-state index in [1.54, 1.807) is 25.0 Å². The van der Waals surface area contributed by atoms with E-state index in [-0.39, 0.29) is 6.03 Å². The Hall–Kier alpha value is -1.89. The van der Waals surface area contributed by atoms with E-state index in [4.69, 9.17) is 0 Å². The van der Waals surface area contributed by atoms with Crippen LogP contribution in [0.1, 0.15) is 5.69 Å². The first-order valence-corrected chi connectivity index (χ1v) is 6.48. The van der Waals surface area contributed by atoms with Gasteiger partial charge in [0, 0.05) is 18.6 Å². The lowest BCUT2D eigenvalue weighted by Crippen LogP contribution is -2.34. The van der Waals surface area contributed by atoms with Gasteiger partial charge in [0.1, 0.15) is 5.69 Å². The topological polar surface area (TPSA) is 63.1 Å². The Balaban J connectivity index is 2.03. The van der Waals surface area contributed by atoms with Gasteiger partial charge in [-0.25, -0.2) is 9.48 Å². The normalized spacial score (nSPS) is 10.3. The Kier molecular flexibility index (Phi) is 4.16. The fourth-order valence-electron chi connectivity index (χ4n) is 1.42. The maximum atomic E-state index is 11.4. The van der Waals surface area contributed by atoms with E-state index >= 15 is 0 Å². The predicted molar refractivity (Wildman–Crippen MR) is 75.0 cm³/mol. The number of halogens is 1. The monoisotopic (exact) mass is 323 g/mol. The van der Waals surface area contributed by atoms with Crippen molar-refractivity contribution in [2.45, 2.75) is 6.54 Å². The van der Waals surface area contributed by atoms with Gasteiger partial charge in [0.2, 0.25) is 0 Å². The zero-order valence-electron chi connectivity index (χ0n) is 10.7. The molecule has 2 amide bonds. The lowest BCUT2D eigenvalue weighted by molar-refractivity contribution is 0.217. The third-order valence-electron chi connectivity index (χ3n) is 2.46. The number of aromatic nitrogens is 3. The number of rotatable bonds is 3.